The average molecular weight is 341 g/mol. The molecule has 0 fully saturated rings. The van der Waals surface area contributed by atoms with Crippen molar-refractivity contribution < 1.29 is 10.2 Å². The summed E-state index contributed by atoms with van der Waals surface area (Å²) in [6.45, 7) is 20.6. The first kappa shape index (κ1) is 19.4. The fraction of sp³-hybridized carbons (Fsp3) is 0.478. The number of aliphatic hydroxyl groups excluding tert-OH is 1. The molecule has 1 aliphatic carbocycles. The summed E-state index contributed by atoms with van der Waals surface area (Å²) in [7, 11) is 0. The van der Waals surface area contributed by atoms with Crippen LogP contribution in [0.25, 0.3) is 5.57 Å². The molecule has 1 aliphatic rings. The maximum Gasteiger partial charge on any atom is 0.127 e. The highest BCUT2D eigenvalue weighted by Gasteiger charge is 2.32. The van der Waals surface area contributed by atoms with E-state index in [4.69, 9.17) is 0 Å². The van der Waals surface area contributed by atoms with Crippen LogP contribution >= 0.6 is 0 Å². The maximum absolute atomic E-state index is 11.1. The van der Waals surface area contributed by atoms with Crippen LogP contribution in [0.5, 0.6) is 5.75 Å². The van der Waals surface area contributed by atoms with Crippen molar-refractivity contribution in [2.75, 3.05) is 0 Å². The van der Waals surface area contributed by atoms with Gasteiger partial charge >= 0.3 is 0 Å². The van der Waals surface area contributed by atoms with Gasteiger partial charge in [0.1, 0.15) is 11.5 Å². The second kappa shape index (κ2) is 6.40. The van der Waals surface area contributed by atoms with E-state index in [9.17, 15) is 10.2 Å². The minimum absolute atomic E-state index is 0.113. The number of phenolic OH excluding ortho intramolecular Hbond substituents is 1. The van der Waals surface area contributed by atoms with E-state index in [0.29, 0.717) is 5.75 Å². The van der Waals surface area contributed by atoms with E-state index >= 15 is 0 Å². The number of aryl methyl sites for hydroxylation is 1. The molecule has 1 aromatic rings. The zero-order chi connectivity index (χ0) is 19.3. The molecule has 136 valence electrons. The van der Waals surface area contributed by atoms with Gasteiger partial charge in [-0.15, -0.1) is 0 Å². The van der Waals surface area contributed by atoms with E-state index in [0.717, 1.165) is 39.0 Å². The lowest BCUT2D eigenvalue weighted by Gasteiger charge is -2.32. The minimum Gasteiger partial charge on any atom is -0.507 e. The molecule has 2 rings (SSSR count). The summed E-state index contributed by atoms with van der Waals surface area (Å²) < 4.78 is 0. The molecule has 0 bridgehead atoms. The Morgan fingerprint density at radius 1 is 1.12 bits per heavy atom. The van der Waals surface area contributed by atoms with Crippen molar-refractivity contribution in [3.63, 3.8) is 0 Å². The van der Waals surface area contributed by atoms with Gasteiger partial charge < -0.3 is 10.2 Å². The zero-order valence-corrected chi connectivity index (χ0v) is 16.9. The highest BCUT2D eigenvalue weighted by Crippen LogP contribution is 2.47. The molecule has 0 amide bonds. The van der Waals surface area contributed by atoms with Crippen molar-refractivity contribution in [3.05, 3.63) is 57.9 Å². The first-order valence-corrected chi connectivity index (χ1v) is 9.03. The van der Waals surface area contributed by atoms with E-state index in [1.165, 1.54) is 0 Å². The molecule has 2 N–H and O–H groups in total. The number of hydrogen-bond acceptors (Lipinski definition) is 2. The van der Waals surface area contributed by atoms with E-state index in [-0.39, 0.29) is 23.0 Å². The second-order valence-corrected chi connectivity index (χ2v) is 8.61. The lowest BCUT2D eigenvalue weighted by molar-refractivity contribution is 0.402. The number of allylic oxidation sites excluding steroid dienone is 3. The van der Waals surface area contributed by atoms with Gasteiger partial charge in [-0.05, 0) is 54.7 Å². The van der Waals surface area contributed by atoms with Crippen molar-refractivity contribution in [1.82, 2.24) is 0 Å². The Balaban J connectivity index is 2.89. The van der Waals surface area contributed by atoms with Crippen LogP contribution in [0, 0.1) is 25.7 Å². The van der Waals surface area contributed by atoms with Crippen LogP contribution in [0.3, 0.4) is 0 Å². The summed E-state index contributed by atoms with van der Waals surface area (Å²) in [6, 6.07) is 2.07. The van der Waals surface area contributed by atoms with Gasteiger partial charge in [-0.1, -0.05) is 53.3 Å². The molecule has 0 saturated heterocycles. The summed E-state index contributed by atoms with van der Waals surface area (Å²) in [5, 5.41) is 22.2. The second-order valence-electron chi connectivity index (χ2n) is 8.61. The Bertz CT molecular complexity index is 785. The summed E-state index contributed by atoms with van der Waals surface area (Å²) in [5.41, 5.74) is 6.14. The van der Waals surface area contributed by atoms with Crippen molar-refractivity contribution in [3.8, 4) is 5.75 Å². The van der Waals surface area contributed by atoms with Gasteiger partial charge in [-0.2, -0.15) is 0 Å². The highest BCUT2D eigenvalue weighted by molar-refractivity contribution is 5.82. The smallest absolute Gasteiger partial charge is 0.127 e. The molecule has 2 atom stereocenters. The molecule has 2 heteroatoms. The molecule has 0 heterocycles. The maximum atomic E-state index is 11.1. The quantitative estimate of drug-likeness (QED) is 0.657. The Morgan fingerprint density at radius 2 is 1.68 bits per heavy atom. The van der Waals surface area contributed by atoms with Gasteiger partial charge in [0.05, 0.1) is 0 Å². The number of aliphatic hydroxyl groups is 1. The first-order valence-electron chi connectivity index (χ1n) is 9.03. The fourth-order valence-electron chi connectivity index (χ4n) is 3.60. The van der Waals surface area contributed by atoms with Crippen LogP contribution in [0.15, 0.2) is 35.6 Å². The fourth-order valence-corrected chi connectivity index (χ4v) is 3.60. The van der Waals surface area contributed by atoms with Crippen LogP contribution < -0.4 is 0 Å². The molecule has 1 aromatic carbocycles. The number of rotatable bonds is 2. The van der Waals surface area contributed by atoms with E-state index in [2.05, 4.69) is 60.3 Å². The first-order chi connectivity index (χ1) is 11.4. The van der Waals surface area contributed by atoms with Crippen LogP contribution in [0.1, 0.15) is 63.8 Å². The molecule has 2 unspecified atom stereocenters. The van der Waals surface area contributed by atoms with Gasteiger partial charge in [-0.3, -0.25) is 0 Å². The number of benzene rings is 1. The highest BCUT2D eigenvalue weighted by atomic mass is 16.3. The lowest BCUT2D eigenvalue weighted by Crippen LogP contribution is -2.19. The predicted octanol–water partition coefficient (Wildman–Crippen LogP) is 6.36. The van der Waals surface area contributed by atoms with Crippen molar-refractivity contribution in [2.24, 2.45) is 11.8 Å². The van der Waals surface area contributed by atoms with Crippen molar-refractivity contribution in [2.45, 2.75) is 60.8 Å². The third-order valence-electron chi connectivity index (χ3n) is 5.54. The Hall–Kier alpha value is -1.96. The standard InChI is InChI=1S/C23H32O2/c1-12(2)17-10-13(3)15(5)19(21(17)24)20-16(6)14(4)11-18(22(20)25)23(7,8)9/h10-11,13,15,24-25H,1H2,2-9H3. The SMILES string of the molecule is C=C(C)C1=CC(C)C(C)C(c2c(C)c(C)cc(C(C)(C)C)c2O)=C1O. The van der Waals surface area contributed by atoms with Gasteiger partial charge in [0.25, 0.3) is 0 Å². The third kappa shape index (κ3) is 3.27. The molecule has 2 nitrogen and oxygen atoms in total. The Morgan fingerprint density at radius 3 is 2.16 bits per heavy atom. The average Bonchev–Trinajstić information content (AvgIpc) is 2.48. The lowest BCUT2D eigenvalue weighted by atomic mass is 9.73. The Kier molecular flexibility index (Phi) is 4.96. The van der Waals surface area contributed by atoms with E-state index in [1.807, 2.05) is 13.8 Å². The molecular formula is C23H32O2. The van der Waals surface area contributed by atoms with Crippen molar-refractivity contribution >= 4 is 5.57 Å². The van der Waals surface area contributed by atoms with E-state index < -0.39 is 0 Å². The Labute approximate surface area is 152 Å². The third-order valence-corrected chi connectivity index (χ3v) is 5.54. The molecule has 0 aromatic heterocycles. The number of phenols is 1. The van der Waals surface area contributed by atoms with E-state index in [1.54, 1.807) is 0 Å². The molecule has 0 radical (unpaired) electrons. The summed E-state index contributed by atoms with van der Waals surface area (Å²) >= 11 is 0. The van der Waals surface area contributed by atoms with Crippen LogP contribution in [-0.2, 0) is 5.41 Å². The largest absolute Gasteiger partial charge is 0.507 e. The minimum atomic E-state index is -0.177. The monoisotopic (exact) mass is 340 g/mol. The van der Waals surface area contributed by atoms with Gasteiger partial charge in [-0.25, -0.2) is 0 Å². The molecule has 0 spiro atoms. The number of aromatic hydroxyl groups is 1. The van der Waals surface area contributed by atoms with Crippen molar-refractivity contribution in [1.29, 1.82) is 0 Å². The van der Waals surface area contributed by atoms with Crippen LogP contribution in [0.2, 0.25) is 0 Å². The molecule has 0 saturated carbocycles. The van der Waals surface area contributed by atoms with Gasteiger partial charge in [0.15, 0.2) is 0 Å². The van der Waals surface area contributed by atoms with Gasteiger partial charge in [0.2, 0.25) is 0 Å². The summed E-state index contributed by atoms with van der Waals surface area (Å²) in [6.07, 6.45) is 2.08. The molecule has 0 aliphatic heterocycles. The summed E-state index contributed by atoms with van der Waals surface area (Å²) in [5.74, 6) is 0.915. The van der Waals surface area contributed by atoms with Crippen LogP contribution in [0.4, 0.5) is 0 Å². The molecular weight excluding hydrogens is 308 g/mol. The summed E-state index contributed by atoms with van der Waals surface area (Å²) in [4.78, 5) is 0. The molecule has 25 heavy (non-hydrogen) atoms. The number of hydrogen-bond donors (Lipinski definition) is 2. The normalized spacial score (nSPS) is 21.4. The topological polar surface area (TPSA) is 40.5 Å². The predicted molar refractivity (Wildman–Crippen MR) is 107 cm³/mol. The zero-order valence-electron chi connectivity index (χ0n) is 16.9. The van der Waals surface area contributed by atoms with Gasteiger partial charge in [0, 0.05) is 22.3 Å². The van der Waals surface area contributed by atoms with Crippen LogP contribution in [-0.4, -0.2) is 10.2 Å².